The molecule has 0 radical (unpaired) electrons. The van der Waals surface area contributed by atoms with E-state index < -0.39 is 0 Å². The number of likely N-dealkylation sites (N-methyl/N-ethyl adjacent to an activating group) is 1. The summed E-state index contributed by atoms with van der Waals surface area (Å²) in [5, 5.41) is 0. The highest BCUT2D eigenvalue weighted by Gasteiger charge is 2.32. The van der Waals surface area contributed by atoms with Crippen molar-refractivity contribution in [3.8, 4) is 0 Å². The van der Waals surface area contributed by atoms with Crippen molar-refractivity contribution in [2.75, 3.05) is 66.0 Å². The van der Waals surface area contributed by atoms with Gasteiger partial charge in [-0.25, -0.2) is 0 Å². The van der Waals surface area contributed by atoms with E-state index in [0.29, 0.717) is 18.3 Å². The summed E-state index contributed by atoms with van der Waals surface area (Å²) in [5.74, 6) is 0. The molecule has 0 aromatic heterocycles. The second-order valence-corrected chi connectivity index (χ2v) is 7.40. The summed E-state index contributed by atoms with van der Waals surface area (Å²) in [4.78, 5) is 7.81. The number of nitrogens with zero attached hydrogens (tertiary/aromatic N) is 3. The average Bonchev–Trinajstić information content (AvgIpc) is 2.57. The molecule has 1 aliphatic carbocycles. The van der Waals surface area contributed by atoms with Gasteiger partial charge in [0.05, 0.1) is 18.3 Å². The number of hydrogen-bond acceptors (Lipinski definition) is 5. The smallest absolute Gasteiger partial charge is 0.0628 e. The molecular formula is C18H35N3O2. The van der Waals surface area contributed by atoms with Gasteiger partial charge in [-0.2, -0.15) is 0 Å². The lowest BCUT2D eigenvalue weighted by Gasteiger charge is -2.40. The molecule has 5 heteroatoms. The van der Waals surface area contributed by atoms with Crippen LogP contribution in [0.25, 0.3) is 0 Å². The van der Waals surface area contributed by atoms with Gasteiger partial charge in [-0.15, -0.1) is 0 Å². The Bertz CT molecular complexity index is 333. The Morgan fingerprint density at radius 1 is 0.739 bits per heavy atom. The predicted octanol–water partition coefficient (Wildman–Crippen LogP) is 1.28. The van der Waals surface area contributed by atoms with E-state index in [4.69, 9.17) is 9.47 Å². The first-order chi connectivity index (χ1) is 11.3. The summed E-state index contributed by atoms with van der Waals surface area (Å²) in [7, 11) is 1.81. The molecule has 23 heavy (non-hydrogen) atoms. The SMILES string of the molecule is CCN1CCN(CCN2CCC(OC3CC(OC)C3)CC2)CC1. The number of piperazine rings is 1. The molecule has 2 saturated heterocycles. The van der Waals surface area contributed by atoms with Crippen molar-refractivity contribution >= 4 is 0 Å². The maximum atomic E-state index is 6.20. The molecule has 0 unspecified atom stereocenters. The standard InChI is InChI=1S/C18H35N3O2/c1-3-19-8-10-21(11-9-19)13-12-20-6-4-16(5-7-20)23-18-14-17(15-18)22-2/h16-18H,3-15H2,1-2H3. The zero-order chi connectivity index (χ0) is 16.1. The average molecular weight is 325 g/mol. The van der Waals surface area contributed by atoms with E-state index >= 15 is 0 Å². The Hall–Kier alpha value is -0.200. The van der Waals surface area contributed by atoms with Crippen molar-refractivity contribution in [3.63, 3.8) is 0 Å². The van der Waals surface area contributed by atoms with Crippen LogP contribution in [0.5, 0.6) is 0 Å². The van der Waals surface area contributed by atoms with Gasteiger partial charge in [0.25, 0.3) is 0 Å². The van der Waals surface area contributed by atoms with Crippen molar-refractivity contribution in [1.82, 2.24) is 14.7 Å². The highest BCUT2D eigenvalue weighted by molar-refractivity contribution is 4.83. The molecule has 1 saturated carbocycles. The van der Waals surface area contributed by atoms with E-state index in [1.54, 1.807) is 0 Å². The zero-order valence-electron chi connectivity index (χ0n) is 15.1. The number of piperidine rings is 1. The Morgan fingerprint density at radius 2 is 1.30 bits per heavy atom. The Labute approximate surface area is 141 Å². The first kappa shape index (κ1) is 17.6. The van der Waals surface area contributed by atoms with E-state index in [-0.39, 0.29) is 0 Å². The molecule has 0 aromatic carbocycles. The highest BCUT2D eigenvalue weighted by atomic mass is 16.5. The molecular weight excluding hydrogens is 290 g/mol. The van der Waals surface area contributed by atoms with Crippen LogP contribution in [-0.2, 0) is 9.47 Å². The van der Waals surface area contributed by atoms with Crippen LogP contribution < -0.4 is 0 Å². The lowest BCUT2D eigenvalue weighted by Crippen LogP contribution is -2.49. The van der Waals surface area contributed by atoms with Crippen LogP contribution in [0.3, 0.4) is 0 Å². The maximum absolute atomic E-state index is 6.20. The number of hydrogen-bond donors (Lipinski definition) is 0. The van der Waals surface area contributed by atoms with Crippen LogP contribution in [0.4, 0.5) is 0 Å². The van der Waals surface area contributed by atoms with Gasteiger partial charge in [0.1, 0.15) is 0 Å². The Morgan fingerprint density at radius 3 is 1.87 bits per heavy atom. The van der Waals surface area contributed by atoms with E-state index in [0.717, 1.165) is 12.8 Å². The van der Waals surface area contributed by atoms with Crippen LogP contribution in [-0.4, -0.2) is 99.0 Å². The molecule has 3 rings (SSSR count). The third kappa shape index (κ3) is 5.13. The fourth-order valence-electron chi connectivity index (χ4n) is 3.97. The molecule has 0 N–H and O–H groups in total. The summed E-state index contributed by atoms with van der Waals surface area (Å²) < 4.78 is 11.5. The molecule has 3 fully saturated rings. The first-order valence-electron chi connectivity index (χ1n) is 9.62. The Balaban J connectivity index is 1.25. The lowest BCUT2D eigenvalue weighted by molar-refractivity contribution is -0.126. The van der Waals surface area contributed by atoms with E-state index in [9.17, 15) is 0 Å². The van der Waals surface area contributed by atoms with Crippen molar-refractivity contribution in [2.45, 2.75) is 50.9 Å². The summed E-state index contributed by atoms with van der Waals surface area (Å²) in [6.45, 7) is 13.3. The van der Waals surface area contributed by atoms with Crippen LogP contribution in [0, 0.1) is 0 Å². The molecule has 2 heterocycles. The summed E-state index contributed by atoms with van der Waals surface area (Å²) in [5.41, 5.74) is 0. The van der Waals surface area contributed by atoms with E-state index in [1.165, 1.54) is 71.7 Å². The second kappa shape index (κ2) is 8.77. The molecule has 3 aliphatic rings. The molecule has 0 aromatic rings. The first-order valence-corrected chi connectivity index (χ1v) is 9.62. The molecule has 0 amide bonds. The van der Waals surface area contributed by atoms with Gasteiger partial charge in [0.2, 0.25) is 0 Å². The zero-order valence-corrected chi connectivity index (χ0v) is 15.1. The molecule has 5 nitrogen and oxygen atoms in total. The number of rotatable bonds is 7. The van der Waals surface area contributed by atoms with Crippen molar-refractivity contribution in [1.29, 1.82) is 0 Å². The van der Waals surface area contributed by atoms with Gasteiger partial charge in [-0.1, -0.05) is 6.92 Å². The van der Waals surface area contributed by atoms with Crippen molar-refractivity contribution < 1.29 is 9.47 Å². The minimum atomic E-state index is 0.452. The third-order valence-electron chi connectivity index (χ3n) is 5.95. The van der Waals surface area contributed by atoms with Crippen LogP contribution >= 0.6 is 0 Å². The molecule has 0 bridgehead atoms. The fraction of sp³-hybridized carbons (Fsp3) is 1.00. The minimum absolute atomic E-state index is 0.452. The van der Waals surface area contributed by atoms with Gasteiger partial charge in [-0.05, 0) is 32.2 Å². The number of ether oxygens (including phenoxy) is 2. The third-order valence-corrected chi connectivity index (χ3v) is 5.95. The van der Waals surface area contributed by atoms with Gasteiger partial charge >= 0.3 is 0 Å². The number of likely N-dealkylation sites (tertiary alicyclic amines) is 1. The maximum Gasteiger partial charge on any atom is 0.0628 e. The van der Waals surface area contributed by atoms with Crippen LogP contribution in [0.1, 0.15) is 32.6 Å². The van der Waals surface area contributed by atoms with E-state index in [2.05, 4.69) is 21.6 Å². The molecule has 0 spiro atoms. The normalized spacial score (nSPS) is 32.1. The monoisotopic (exact) mass is 325 g/mol. The van der Waals surface area contributed by atoms with E-state index in [1.807, 2.05) is 7.11 Å². The second-order valence-electron chi connectivity index (χ2n) is 7.40. The molecule has 0 atom stereocenters. The number of methoxy groups -OCH3 is 1. The molecule has 134 valence electrons. The van der Waals surface area contributed by atoms with Crippen LogP contribution in [0.2, 0.25) is 0 Å². The summed E-state index contributed by atoms with van der Waals surface area (Å²) >= 11 is 0. The van der Waals surface area contributed by atoms with Gasteiger partial charge in [-0.3, -0.25) is 4.90 Å². The van der Waals surface area contributed by atoms with Gasteiger partial charge in [0, 0.05) is 59.5 Å². The van der Waals surface area contributed by atoms with Crippen molar-refractivity contribution in [3.05, 3.63) is 0 Å². The summed E-state index contributed by atoms with van der Waals surface area (Å²) in [6, 6.07) is 0. The summed E-state index contributed by atoms with van der Waals surface area (Å²) in [6.07, 6.45) is 6.01. The van der Waals surface area contributed by atoms with Gasteiger partial charge in [0.15, 0.2) is 0 Å². The quantitative estimate of drug-likeness (QED) is 0.703. The predicted molar refractivity (Wildman–Crippen MR) is 92.9 cm³/mol. The topological polar surface area (TPSA) is 28.2 Å². The fourth-order valence-corrected chi connectivity index (χ4v) is 3.97. The highest BCUT2D eigenvalue weighted by Crippen LogP contribution is 2.28. The van der Waals surface area contributed by atoms with Gasteiger partial charge < -0.3 is 19.3 Å². The Kier molecular flexibility index (Phi) is 6.72. The van der Waals surface area contributed by atoms with Crippen LogP contribution in [0.15, 0.2) is 0 Å². The minimum Gasteiger partial charge on any atom is -0.381 e. The lowest BCUT2D eigenvalue weighted by atomic mass is 9.91. The van der Waals surface area contributed by atoms with Crippen molar-refractivity contribution in [2.24, 2.45) is 0 Å². The molecule has 2 aliphatic heterocycles. The largest absolute Gasteiger partial charge is 0.381 e.